The average Bonchev–Trinajstić information content (AvgIpc) is 2.39. The minimum atomic E-state index is 0.0853. The molecular weight excluding hydrogens is 264 g/mol. The Labute approximate surface area is 134 Å². The van der Waals surface area contributed by atoms with Crippen molar-refractivity contribution in [3.8, 4) is 0 Å². The topological polar surface area (TPSA) is 38.7 Å². The van der Waals surface area contributed by atoms with E-state index in [1.54, 1.807) is 0 Å². The van der Waals surface area contributed by atoms with Gasteiger partial charge in [-0.25, -0.2) is 0 Å². The van der Waals surface area contributed by atoms with E-state index in [9.17, 15) is 0 Å². The van der Waals surface area contributed by atoms with E-state index < -0.39 is 0 Å². The first-order chi connectivity index (χ1) is 9.83. The Morgan fingerprint density at radius 1 is 0.905 bits per heavy atom. The van der Waals surface area contributed by atoms with Crippen LogP contribution >= 0.6 is 0 Å². The molecule has 3 heteroatoms. The minimum absolute atomic E-state index is 0.0853. The molecule has 1 N–H and O–H groups in total. The maximum atomic E-state index is 8.41. The van der Waals surface area contributed by atoms with E-state index in [0.717, 1.165) is 18.9 Å². The van der Waals surface area contributed by atoms with Gasteiger partial charge < -0.3 is 14.6 Å². The zero-order valence-electron chi connectivity index (χ0n) is 16.0. The highest BCUT2D eigenvalue weighted by atomic mass is 16.5. The molecule has 0 fully saturated rings. The van der Waals surface area contributed by atoms with Gasteiger partial charge in [0, 0.05) is 6.61 Å². The summed E-state index contributed by atoms with van der Waals surface area (Å²) < 4.78 is 10.4. The van der Waals surface area contributed by atoms with E-state index in [0.29, 0.717) is 25.2 Å². The second-order valence-corrected chi connectivity index (χ2v) is 6.44. The Balaban J connectivity index is -0.000000339. The van der Waals surface area contributed by atoms with Crippen LogP contribution in [0.2, 0.25) is 0 Å². The number of ether oxygens (including phenoxy) is 2. The van der Waals surface area contributed by atoms with Crippen molar-refractivity contribution >= 4 is 0 Å². The van der Waals surface area contributed by atoms with Crippen LogP contribution in [-0.4, -0.2) is 38.1 Å². The van der Waals surface area contributed by atoms with E-state index in [1.165, 1.54) is 12.8 Å². The zero-order chi connectivity index (χ0) is 17.1. The van der Waals surface area contributed by atoms with Crippen LogP contribution in [0, 0.1) is 11.3 Å². The third kappa shape index (κ3) is 38.3. The molecule has 0 spiro atoms. The van der Waals surface area contributed by atoms with E-state index >= 15 is 0 Å². The van der Waals surface area contributed by atoms with Gasteiger partial charge in [0.05, 0.1) is 26.4 Å². The van der Waals surface area contributed by atoms with Gasteiger partial charge in [-0.05, 0) is 17.8 Å². The van der Waals surface area contributed by atoms with Gasteiger partial charge in [0.15, 0.2) is 0 Å². The van der Waals surface area contributed by atoms with E-state index in [2.05, 4.69) is 41.5 Å². The molecule has 0 saturated heterocycles. The molecule has 0 bridgehead atoms. The highest BCUT2D eigenvalue weighted by molar-refractivity contribution is 4.59. The SMILES string of the molecule is CC.CC(C)(C)CCOCCOCCO.CCCC(C)C. The third-order valence-corrected chi connectivity index (χ3v) is 2.47. The van der Waals surface area contributed by atoms with Crippen molar-refractivity contribution in [2.75, 3.05) is 33.0 Å². The Morgan fingerprint density at radius 2 is 1.38 bits per heavy atom. The molecule has 0 atom stereocenters. The molecule has 0 radical (unpaired) electrons. The fourth-order valence-electron chi connectivity index (χ4n) is 1.34. The molecule has 0 aliphatic carbocycles. The van der Waals surface area contributed by atoms with Gasteiger partial charge in [-0.2, -0.15) is 0 Å². The Bertz CT molecular complexity index is 162. The van der Waals surface area contributed by atoms with Crippen molar-refractivity contribution in [3.63, 3.8) is 0 Å². The molecule has 3 nitrogen and oxygen atoms in total. The normalized spacial score (nSPS) is 10.6. The summed E-state index contributed by atoms with van der Waals surface area (Å²) in [6, 6.07) is 0. The van der Waals surface area contributed by atoms with Gasteiger partial charge in [0.1, 0.15) is 0 Å². The van der Waals surface area contributed by atoms with Gasteiger partial charge in [-0.15, -0.1) is 0 Å². The summed E-state index contributed by atoms with van der Waals surface area (Å²) >= 11 is 0. The number of hydrogen-bond donors (Lipinski definition) is 1. The maximum Gasteiger partial charge on any atom is 0.0701 e. The summed E-state index contributed by atoms with van der Waals surface area (Å²) in [7, 11) is 0. The minimum Gasteiger partial charge on any atom is -0.394 e. The molecule has 0 aromatic carbocycles. The molecule has 132 valence electrons. The summed E-state index contributed by atoms with van der Waals surface area (Å²) in [5, 5.41) is 8.41. The van der Waals surface area contributed by atoms with Gasteiger partial charge in [0.25, 0.3) is 0 Å². The molecule has 0 aromatic rings. The predicted molar refractivity (Wildman–Crippen MR) is 93.9 cm³/mol. The van der Waals surface area contributed by atoms with Crippen LogP contribution in [0.1, 0.15) is 74.7 Å². The molecule has 0 amide bonds. The van der Waals surface area contributed by atoms with Crippen LogP contribution in [0.5, 0.6) is 0 Å². The molecule has 0 saturated carbocycles. The smallest absolute Gasteiger partial charge is 0.0701 e. The highest BCUT2D eigenvalue weighted by Gasteiger charge is 2.08. The van der Waals surface area contributed by atoms with Crippen LogP contribution in [0.15, 0.2) is 0 Å². The van der Waals surface area contributed by atoms with Crippen LogP contribution < -0.4 is 0 Å². The van der Waals surface area contributed by atoms with Gasteiger partial charge in [0.2, 0.25) is 0 Å². The summed E-state index contributed by atoms with van der Waals surface area (Å²) in [6.07, 6.45) is 3.77. The standard InChI is InChI=1S/C10H22O3.C6H14.C2H6/c1-10(2,3)4-6-12-8-9-13-7-5-11;1-4-5-6(2)3;1-2/h11H,4-9H2,1-3H3;6H,4-5H2,1-3H3;1-2H3. The van der Waals surface area contributed by atoms with Crippen molar-refractivity contribution in [2.24, 2.45) is 11.3 Å². The lowest BCUT2D eigenvalue weighted by molar-refractivity contribution is 0.0265. The fraction of sp³-hybridized carbons (Fsp3) is 1.00. The Kier molecular flexibility index (Phi) is 24.4. The lowest BCUT2D eigenvalue weighted by atomic mass is 9.93. The van der Waals surface area contributed by atoms with E-state index in [1.807, 2.05) is 13.8 Å². The predicted octanol–water partition coefficient (Wildman–Crippen LogP) is 4.92. The van der Waals surface area contributed by atoms with Gasteiger partial charge in [-0.3, -0.25) is 0 Å². The first kappa shape index (κ1) is 25.8. The van der Waals surface area contributed by atoms with Crippen LogP contribution in [-0.2, 0) is 9.47 Å². The summed E-state index contributed by atoms with van der Waals surface area (Å²) in [6.45, 7) is 19.8. The van der Waals surface area contributed by atoms with Crippen molar-refractivity contribution < 1.29 is 14.6 Å². The fourth-order valence-corrected chi connectivity index (χ4v) is 1.34. The second kappa shape index (κ2) is 19.9. The van der Waals surface area contributed by atoms with E-state index in [-0.39, 0.29) is 6.61 Å². The zero-order valence-corrected chi connectivity index (χ0v) is 16.0. The monoisotopic (exact) mass is 306 g/mol. The van der Waals surface area contributed by atoms with Gasteiger partial charge in [-0.1, -0.05) is 68.2 Å². The number of aliphatic hydroxyl groups is 1. The molecule has 0 aliphatic rings. The summed E-state index contributed by atoms with van der Waals surface area (Å²) in [5.74, 6) is 0.898. The van der Waals surface area contributed by atoms with Crippen molar-refractivity contribution in [1.82, 2.24) is 0 Å². The number of aliphatic hydroxyl groups excluding tert-OH is 1. The van der Waals surface area contributed by atoms with Crippen LogP contribution in [0.3, 0.4) is 0 Å². The molecular formula is C18H42O3. The van der Waals surface area contributed by atoms with Crippen molar-refractivity contribution in [2.45, 2.75) is 74.7 Å². The third-order valence-electron chi connectivity index (χ3n) is 2.47. The molecule has 0 aromatic heterocycles. The molecule has 0 heterocycles. The first-order valence-electron chi connectivity index (χ1n) is 8.59. The number of hydrogen-bond acceptors (Lipinski definition) is 3. The van der Waals surface area contributed by atoms with Crippen LogP contribution in [0.25, 0.3) is 0 Å². The highest BCUT2D eigenvalue weighted by Crippen LogP contribution is 2.17. The Hall–Kier alpha value is -0.120. The summed E-state index contributed by atoms with van der Waals surface area (Å²) in [5.41, 5.74) is 0.339. The molecule has 0 rings (SSSR count). The van der Waals surface area contributed by atoms with Crippen molar-refractivity contribution in [3.05, 3.63) is 0 Å². The summed E-state index contributed by atoms with van der Waals surface area (Å²) in [4.78, 5) is 0. The lowest BCUT2D eigenvalue weighted by Gasteiger charge is -2.17. The largest absolute Gasteiger partial charge is 0.394 e. The Morgan fingerprint density at radius 3 is 1.67 bits per heavy atom. The first-order valence-corrected chi connectivity index (χ1v) is 8.59. The van der Waals surface area contributed by atoms with Crippen LogP contribution in [0.4, 0.5) is 0 Å². The quantitative estimate of drug-likeness (QED) is 0.615. The molecule has 0 unspecified atom stereocenters. The van der Waals surface area contributed by atoms with Crippen molar-refractivity contribution in [1.29, 1.82) is 0 Å². The molecule has 0 aliphatic heterocycles. The number of rotatable bonds is 9. The lowest BCUT2D eigenvalue weighted by Crippen LogP contribution is -2.12. The van der Waals surface area contributed by atoms with E-state index in [4.69, 9.17) is 14.6 Å². The average molecular weight is 307 g/mol. The molecule has 21 heavy (non-hydrogen) atoms. The van der Waals surface area contributed by atoms with Gasteiger partial charge >= 0.3 is 0 Å². The second-order valence-electron chi connectivity index (χ2n) is 6.44. The maximum absolute atomic E-state index is 8.41.